The van der Waals surface area contributed by atoms with E-state index in [-0.39, 0.29) is 0 Å². The fourth-order valence-electron chi connectivity index (χ4n) is 3.14. The van der Waals surface area contributed by atoms with Crippen molar-refractivity contribution < 1.29 is 8.42 Å². The molecule has 1 aromatic carbocycles. The van der Waals surface area contributed by atoms with Gasteiger partial charge in [-0.15, -0.1) is 0 Å². The van der Waals surface area contributed by atoms with Crippen LogP contribution in [-0.2, 0) is 18.1 Å². The number of anilines is 1. The van der Waals surface area contributed by atoms with Crippen molar-refractivity contribution >= 4 is 23.2 Å². The lowest BCUT2D eigenvalue weighted by molar-refractivity contribution is 0.630. The predicted molar refractivity (Wildman–Crippen MR) is 116 cm³/mol. The van der Waals surface area contributed by atoms with Gasteiger partial charge >= 0.3 is 11.6 Å². The molecule has 0 aliphatic heterocycles. The quantitative estimate of drug-likeness (QED) is 0.524. The fraction of sp³-hybridized carbons (Fsp3) is 0.238. The molecule has 0 fully saturated rings. The molecule has 0 aliphatic rings. The summed E-state index contributed by atoms with van der Waals surface area (Å²) in [6, 6.07) is 14.2. The lowest BCUT2D eigenvalue weighted by atomic mass is 10.0. The average Bonchev–Trinajstić information content (AvgIpc) is 3.17. The number of rotatable bonds is 5. The lowest BCUT2D eigenvalue weighted by Gasteiger charge is -2.12. The molecule has 9 heteroatoms. The highest BCUT2D eigenvalue weighted by atomic mass is 32.1. The average molecular weight is 423 g/mol. The number of benzene rings is 1. The predicted octanol–water partition coefficient (Wildman–Crippen LogP) is 3.56. The van der Waals surface area contributed by atoms with E-state index >= 15 is 0 Å². The van der Waals surface area contributed by atoms with Crippen molar-refractivity contribution in [2.75, 3.05) is 5.32 Å². The first-order valence-electron chi connectivity index (χ1n) is 9.42. The minimum atomic E-state index is -0.750. The Hall–Kier alpha value is -3.46. The van der Waals surface area contributed by atoms with Crippen LogP contribution in [0.2, 0.25) is 0 Å². The summed E-state index contributed by atoms with van der Waals surface area (Å²) in [5.74, 6) is 1.78. The highest BCUT2D eigenvalue weighted by Crippen LogP contribution is 2.24. The van der Waals surface area contributed by atoms with Gasteiger partial charge in [-0.25, -0.2) is 4.98 Å². The van der Waals surface area contributed by atoms with Crippen LogP contribution in [0.1, 0.15) is 36.7 Å². The summed E-state index contributed by atoms with van der Waals surface area (Å²) in [6.45, 7) is 6.81. The highest BCUT2D eigenvalue weighted by molar-refractivity contribution is 7.51. The Morgan fingerprint density at radius 3 is 2.50 bits per heavy atom. The van der Waals surface area contributed by atoms with Crippen molar-refractivity contribution in [1.82, 2.24) is 24.6 Å². The molecule has 3 aromatic heterocycles. The fourth-order valence-corrected chi connectivity index (χ4v) is 3.14. The minimum absolute atomic E-state index is 0.356. The van der Waals surface area contributed by atoms with Crippen molar-refractivity contribution in [3.8, 4) is 11.3 Å². The molecule has 154 valence electrons. The number of pyridine rings is 1. The van der Waals surface area contributed by atoms with Gasteiger partial charge in [-0.05, 0) is 30.5 Å². The van der Waals surface area contributed by atoms with Crippen molar-refractivity contribution in [3.05, 3.63) is 71.8 Å². The van der Waals surface area contributed by atoms with Gasteiger partial charge in [0.05, 0.1) is 11.9 Å². The number of hydrogen-bond donors (Lipinski definition) is 1. The Balaban J connectivity index is 0.000000806. The Labute approximate surface area is 178 Å². The molecule has 1 N–H and O–H groups in total. The summed E-state index contributed by atoms with van der Waals surface area (Å²) in [5.41, 5.74) is 5.20. The van der Waals surface area contributed by atoms with Crippen LogP contribution >= 0.6 is 0 Å². The molecule has 0 radical (unpaired) electrons. The van der Waals surface area contributed by atoms with E-state index in [2.05, 4.69) is 51.3 Å². The molecule has 0 atom stereocenters. The first-order chi connectivity index (χ1) is 14.5. The maximum Gasteiger partial charge on any atom is 0.335 e. The van der Waals surface area contributed by atoms with Gasteiger partial charge < -0.3 is 5.32 Å². The second-order valence-electron chi connectivity index (χ2n) is 6.88. The second kappa shape index (κ2) is 9.84. The standard InChI is InChI=1S/C21H22N6.O2S/c1-14(2)18-13-24-27-20(18)25-15(3)26-21(27)23-12-16-8-4-5-9-17(16)19-10-6-7-11-22-19;1-3-2/h4-11,13-14H,12H2,1-3H3,(H,23,25,26);. The Bertz CT molecular complexity index is 1170. The molecule has 0 bridgehead atoms. The van der Waals surface area contributed by atoms with E-state index in [9.17, 15) is 0 Å². The van der Waals surface area contributed by atoms with E-state index < -0.39 is 11.6 Å². The van der Waals surface area contributed by atoms with E-state index in [0.717, 1.165) is 33.9 Å². The maximum absolute atomic E-state index is 8.29. The van der Waals surface area contributed by atoms with Crippen LogP contribution in [0.5, 0.6) is 0 Å². The molecule has 0 aliphatic carbocycles. The molecule has 0 amide bonds. The number of aryl methyl sites for hydroxylation is 1. The van der Waals surface area contributed by atoms with Gasteiger partial charge in [0.25, 0.3) is 0 Å². The van der Waals surface area contributed by atoms with Crippen molar-refractivity contribution in [2.24, 2.45) is 0 Å². The third-order valence-corrected chi connectivity index (χ3v) is 4.52. The van der Waals surface area contributed by atoms with Gasteiger partial charge in [0.1, 0.15) is 5.82 Å². The molecule has 4 rings (SSSR count). The van der Waals surface area contributed by atoms with Gasteiger partial charge in [0.15, 0.2) is 5.65 Å². The molecule has 0 spiro atoms. The Morgan fingerprint density at radius 2 is 1.80 bits per heavy atom. The number of fused-ring (bicyclic) bond motifs is 1. The lowest BCUT2D eigenvalue weighted by Crippen LogP contribution is -2.10. The molecule has 0 saturated carbocycles. The highest BCUT2D eigenvalue weighted by Gasteiger charge is 2.14. The zero-order valence-corrected chi connectivity index (χ0v) is 17.8. The van der Waals surface area contributed by atoms with E-state index in [0.29, 0.717) is 18.4 Å². The van der Waals surface area contributed by atoms with Gasteiger partial charge in [-0.3, -0.25) is 4.98 Å². The summed E-state index contributed by atoms with van der Waals surface area (Å²) in [7, 11) is 0. The van der Waals surface area contributed by atoms with Crippen LogP contribution in [0.25, 0.3) is 16.9 Å². The topological polar surface area (TPSA) is 102 Å². The van der Waals surface area contributed by atoms with Crippen LogP contribution in [0, 0.1) is 6.92 Å². The molecule has 4 aromatic rings. The molecule has 30 heavy (non-hydrogen) atoms. The van der Waals surface area contributed by atoms with Gasteiger partial charge in [0.2, 0.25) is 5.95 Å². The van der Waals surface area contributed by atoms with E-state index in [1.165, 1.54) is 0 Å². The molecular formula is C21H22N6O2S. The summed E-state index contributed by atoms with van der Waals surface area (Å²) in [6.07, 6.45) is 3.69. The van der Waals surface area contributed by atoms with E-state index in [1.54, 1.807) is 4.52 Å². The van der Waals surface area contributed by atoms with Crippen LogP contribution < -0.4 is 5.32 Å². The number of nitrogens with zero attached hydrogens (tertiary/aromatic N) is 5. The van der Waals surface area contributed by atoms with Crippen LogP contribution in [0.4, 0.5) is 5.95 Å². The summed E-state index contributed by atoms with van der Waals surface area (Å²) >= 11 is -0.750. The Kier molecular flexibility index (Phi) is 6.97. The van der Waals surface area contributed by atoms with Gasteiger partial charge in [-0.2, -0.15) is 23.0 Å². The summed E-state index contributed by atoms with van der Waals surface area (Å²) < 4.78 is 18.4. The number of nitrogens with one attached hydrogen (secondary N) is 1. The first-order valence-corrected chi connectivity index (χ1v) is 10.1. The molecule has 0 saturated heterocycles. The first kappa shape index (κ1) is 21.3. The van der Waals surface area contributed by atoms with Crippen molar-refractivity contribution in [1.29, 1.82) is 0 Å². The zero-order chi connectivity index (χ0) is 21.5. The largest absolute Gasteiger partial charge is 0.350 e. The Morgan fingerprint density at radius 1 is 1.07 bits per heavy atom. The van der Waals surface area contributed by atoms with Crippen molar-refractivity contribution in [3.63, 3.8) is 0 Å². The normalized spacial score (nSPS) is 10.5. The molecular weight excluding hydrogens is 400 g/mol. The van der Waals surface area contributed by atoms with Crippen LogP contribution in [0.15, 0.2) is 54.9 Å². The van der Waals surface area contributed by atoms with E-state index in [1.807, 2.05) is 49.6 Å². The summed E-state index contributed by atoms with van der Waals surface area (Å²) in [4.78, 5) is 13.6. The van der Waals surface area contributed by atoms with E-state index in [4.69, 9.17) is 8.42 Å². The molecule has 0 unspecified atom stereocenters. The second-order valence-corrected chi connectivity index (χ2v) is 7.01. The van der Waals surface area contributed by atoms with Crippen LogP contribution in [-0.4, -0.2) is 33.0 Å². The maximum atomic E-state index is 8.29. The minimum Gasteiger partial charge on any atom is -0.350 e. The molecule has 3 heterocycles. The monoisotopic (exact) mass is 422 g/mol. The SMILES string of the molecule is Cc1nc(NCc2ccccc2-c2ccccn2)n2ncc(C(C)C)c2n1.O=S=O. The number of aromatic nitrogens is 5. The third-order valence-electron chi connectivity index (χ3n) is 4.52. The van der Waals surface area contributed by atoms with Gasteiger partial charge in [0, 0.05) is 23.9 Å². The summed E-state index contributed by atoms with van der Waals surface area (Å²) in [5, 5.41) is 7.92. The van der Waals surface area contributed by atoms with Crippen molar-refractivity contribution in [2.45, 2.75) is 33.2 Å². The number of hydrogen-bond acceptors (Lipinski definition) is 7. The zero-order valence-electron chi connectivity index (χ0n) is 16.9. The smallest absolute Gasteiger partial charge is 0.335 e. The van der Waals surface area contributed by atoms with Crippen LogP contribution in [0.3, 0.4) is 0 Å². The third kappa shape index (κ3) is 4.74. The van der Waals surface area contributed by atoms with Gasteiger partial charge in [-0.1, -0.05) is 44.2 Å². The molecule has 8 nitrogen and oxygen atoms in total.